The standard InChI is InChI=1S/C2H3NOS2/c4-6-3-1-2-5-6/h1-3H. The first kappa shape index (κ1) is 4.21. The Labute approximate surface area is 42.0 Å². The molecule has 4 heteroatoms. The lowest BCUT2D eigenvalue weighted by atomic mass is 11.1. The third-order valence-electron chi connectivity index (χ3n) is 0.375. The Kier molecular flexibility index (Phi) is 1.16. The molecule has 2 nitrogen and oxygen atoms in total. The molecular formula is C2H3NOS2. The molecule has 34 valence electrons. The monoisotopic (exact) mass is 121 g/mol. The minimum absolute atomic E-state index is 0.867. The molecule has 0 fully saturated rings. The van der Waals surface area contributed by atoms with Crippen LogP contribution in [0, 0.1) is 0 Å². The molecule has 1 aliphatic heterocycles. The molecule has 1 N–H and O–H groups in total. The Morgan fingerprint density at radius 1 is 1.83 bits per heavy atom. The van der Waals surface area contributed by atoms with E-state index in [1.54, 1.807) is 11.6 Å². The summed E-state index contributed by atoms with van der Waals surface area (Å²) in [5.41, 5.74) is 0. The van der Waals surface area contributed by atoms with E-state index < -0.39 is 10.0 Å². The summed E-state index contributed by atoms with van der Waals surface area (Å²) in [6.45, 7) is 0. The van der Waals surface area contributed by atoms with Crippen LogP contribution in [0.1, 0.15) is 0 Å². The number of hydrogen-bond acceptors (Lipinski definition) is 2. The molecular weight excluding hydrogens is 118 g/mol. The van der Waals surface area contributed by atoms with E-state index in [9.17, 15) is 4.21 Å². The van der Waals surface area contributed by atoms with E-state index in [1.807, 2.05) is 0 Å². The van der Waals surface area contributed by atoms with Gasteiger partial charge in [-0.2, -0.15) is 0 Å². The van der Waals surface area contributed by atoms with Crippen LogP contribution in [-0.4, -0.2) is 4.21 Å². The van der Waals surface area contributed by atoms with Gasteiger partial charge in [-0.3, -0.25) is 0 Å². The molecule has 1 atom stereocenters. The zero-order valence-corrected chi connectivity index (χ0v) is 4.51. The van der Waals surface area contributed by atoms with E-state index in [0.29, 0.717) is 0 Å². The molecule has 1 heterocycles. The van der Waals surface area contributed by atoms with Gasteiger partial charge in [-0.25, -0.2) is 4.21 Å². The Morgan fingerprint density at radius 2 is 2.67 bits per heavy atom. The third kappa shape index (κ3) is 0.753. The molecule has 1 aliphatic rings. The summed E-state index contributed by atoms with van der Waals surface area (Å²) in [5, 5.41) is 1.76. The van der Waals surface area contributed by atoms with Crippen LogP contribution in [-0.2, 0) is 10.0 Å². The summed E-state index contributed by atoms with van der Waals surface area (Å²) in [7, 11) is 0.410. The average Bonchev–Trinajstić information content (AvgIpc) is 1.86. The number of rotatable bonds is 0. The zero-order chi connectivity index (χ0) is 4.41. The summed E-state index contributed by atoms with van der Waals surface area (Å²) >= 11 is 0. The average molecular weight is 121 g/mol. The Morgan fingerprint density at radius 3 is 2.83 bits per heavy atom. The van der Waals surface area contributed by atoms with Gasteiger partial charge in [0.05, 0.1) is 0 Å². The van der Waals surface area contributed by atoms with Crippen molar-refractivity contribution in [1.82, 2.24) is 4.72 Å². The SMILES string of the molecule is O=S1NC=CS1. The highest BCUT2D eigenvalue weighted by molar-refractivity contribution is 8.70. The Bertz CT molecular complexity index is 89.7. The van der Waals surface area contributed by atoms with E-state index in [2.05, 4.69) is 4.72 Å². The van der Waals surface area contributed by atoms with Gasteiger partial charge in [0.15, 0.2) is 10.0 Å². The third-order valence-corrected chi connectivity index (χ3v) is 2.27. The van der Waals surface area contributed by atoms with Gasteiger partial charge in [0, 0.05) is 11.6 Å². The molecule has 0 aromatic rings. The minimum atomic E-state index is -0.867. The lowest BCUT2D eigenvalue weighted by Gasteiger charge is -1.79. The summed E-state index contributed by atoms with van der Waals surface area (Å²) in [6, 6.07) is 0. The maximum atomic E-state index is 10.1. The van der Waals surface area contributed by atoms with Gasteiger partial charge >= 0.3 is 0 Å². The summed E-state index contributed by atoms with van der Waals surface area (Å²) in [5.74, 6) is 0. The van der Waals surface area contributed by atoms with Crippen molar-refractivity contribution < 1.29 is 4.21 Å². The Hall–Kier alpha value is 0.0400. The molecule has 0 aromatic carbocycles. The predicted molar refractivity (Wildman–Crippen MR) is 28.0 cm³/mol. The van der Waals surface area contributed by atoms with Crippen LogP contribution in [0.4, 0.5) is 0 Å². The normalized spacial score (nSPS) is 30.3. The summed E-state index contributed by atoms with van der Waals surface area (Å²) in [4.78, 5) is 0. The molecule has 0 radical (unpaired) electrons. The van der Waals surface area contributed by atoms with Gasteiger partial charge in [-0.1, -0.05) is 0 Å². The van der Waals surface area contributed by atoms with Gasteiger partial charge in [0.25, 0.3) is 0 Å². The smallest absolute Gasteiger partial charge is 0.183 e. The molecule has 6 heavy (non-hydrogen) atoms. The van der Waals surface area contributed by atoms with E-state index in [0.717, 1.165) is 0 Å². The first-order valence-corrected chi connectivity index (χ1v) is 3.94. The second-order valence-corrected chi connectivity index (χ2v) is 3.41. The van der Waals surface area contributed by atoms with Crippen LogP contribution >= 0.6 is 10.8 Å². The fourth-order valence-corrected chi connectivity index (χ4v) is 1.54. The van der Waals surface area contributed by atoms with Gasteiger partial charge in [0.1, 0.15) is 0 Å². The van der Waals surface area contributed by atoms with Crippen molar-refractivity contribution >= 4 is 20.8 Å². The van der Waals surface area contributed by atoms with E-state index in [4.69, 9.17) is 0 Å². The first-order chi connectivity index (χ1) is 2.89. The highest BCUT2D eigenvalue weighted by atomic mass is 33.1. The van der Waals surface area contributed by atoms with Crippen LogP contribution in [0.15, 0.2) is 11.6 Å². The largest absolute Gasteiger partial charge is 0.302 e. The molecule has 1 rings (SSSR count). The van der Waals surface area contributed by atoms with Crippen LogP contribution in [0.3, 0.4) is 0 Å². The second kappa shape index (κ2) is 1.66. The van der Waals surface area contributed by atoms with Crippen molar-refractivity contribution in [2.75, 3.05) is 0 Å². The second-order valence-electron chi connectivity index (χ2n) is 0.752. The van der Waals surface area contributed by atoms with Gasteiger partial charge in [-0.05, 0) is 10.8 Å². The topological polar surface area (TPSA) is 29.1 Å². The first-order valence-electron chi connectivity index (χ1n) is 1.40. The van der Waals surface area contributed by atoms with Crippen LogP contribution in [0.2, 0.25) is 0 Å². The molecule has 0 aromatic heterocycles. The summed E-state index contributed by atoms with van der Waals surface area (Å²) < 4.78 is 12.7. The lowest BCUT2D eigenvalue weighted by Crippen LogP contribution is -1.97. The van der Waals surface area contributed by atoms with Crippen molar-refractivity contribution in [3.8, 4) is 0 Å². The number of nitrogens with one attached hydrogen (secondary N) is 1. The highest BCUT2D eigenvalue weighted by Gasteiger charge is 1.96. The molecule has 0 saturated carbocycles. The maximum absolute atomic E-state index is 10.1. The predicted octanol–water partition coefficient (Wildman–Crippen LogP) is 0.373. The van der Waals surface area contributed by atoms with Crippen LogP contribution in [0.5, 0.6) is 0 Å². The fourth-order valence-electron chi connectivity index (χ4n) is 0.189. The van der Waals surface area contributed by atoms with Crippen molar-refractivity contribution in [2.24, 2.45) is 0 Å². The molecule has 1 unspecified atom stereocenters. The highest BCUT2D eigenvalue weighted by Crippen LogP contribution is 2.10. The van der Waals surface area contributed by atoms with E-state index in [1.165, 1.54) is 10.8 Å². The van der Waals surface area contributed by atoms with Crippen LogP contribution < -0.4 is 4.72 Å². The van der Waals surface area contributed by atoms with Gasteiger partial charge in [0.2, 0.25) is 0 Å². The molecule has 0 spiro atoms. The number of hydrogen-bond donors (Lipinski definition) is 1. The molecule has 0 amide bonds. The van der Waals surface area contributed by atoms with Crippen molar-refractivity contribution in [2.45, 2.75) is 0 Å². The molecule has 0 aliphatic carbocycles. The van der Waals surface area contributed by atoms with Gasteiger partial charge in [-0.15, -0.1) is 0 Å². The summed E-state index contributed by atoms with van der Waals surface area (Å²) in [6.07, 6.45) is 1.67. The maximum Gasteiger partial charge on any atom is 0.183 e. The zero-order valence-electron chi connectivity index (χ0n) is 2.88. The lowest BCUT2D eigenvalue weighted by molar-refractivity contribution is 0.689. The Balaban J connectivity index is 2.52. The van der Waals surface area contributed by atoms with E-state index >= 15 is 0 Å². The quantitative estimate of drug-likeness (QED) is 0.469. The molecule has 0 saturated heterocycles. The molecule has 0 bridgehead atoms. The minimum Gasteiger partial charge on any atom is -0.302 e. The van der Waals surface area contributed by atoms with Crippen molar-refractivity contribution in [3.63, 3.8) is 0 Å². The van der Waals surface area contributed by atoms with Crippen LogP contribution in [0.25, 0.3) is 0 Å². The van der Waals surface area contributed by atoms with Gasteiger partial charge < -0.3 is 4.72 Å². The van der Waals surface area contributed by atoms with Crippen molar-refractivity contribution in [3.05, 3.63) is 11.6 Å². The van der Waals surface area contributed by atoms with E-state index in [-0.39, 0.29) is 0 Å². The fraction of sp³-hybridized carbons (Fsp3) is 0. The van der Waals surface area contributed by atoms with Crippen molar-refractivity contribution in [1.29, 1.82) is 0 Å².